The Hall–Kier alpha value is -1.55. The van der Waals surface area contributed by atoms with Crippen LogP contribution in [0.4, 0.5) is 5.69 Å². The smallest absolute Gasteiger partial charge is 0.238 e. The molecule has 4 nitrogen and oxygen atoms in total. The third-order valence-corrected chi connectivity index (χ3v) is 4.16. The van der Waals surface area contributed by atoms with Crippen LogP contribution < -0.4 is 10.1 Å². The number of ether oxygens (including phenoxy) is 1. The minimum absolute atomic E-state index is 0.0303. The average molecular weight is 290 g/mol. The van der Waals surface area contributed by atoms with Crippen LogP contribution in [-0.2, 0) is 4.79 Å². The van der Waals surface area contributed by atoms with Gasteiger partial charge in [0, 0.05) is 12.1 Å². The summed E-state index contributed by atoms with van der Waals surface area (Å²) in [6.07, 6.45) is 3.61. The van der Waals surface area contributed by atoms with Crippen LogP contribution in [0, 0.1) is 0 Å². The maximum atomic E-state index is 12.3. The monoisotopic (exact) mass is 290 g/mol. The molecule has 1 aromatic rings. The zero-order valence-corrected chi connectivity index (χ0v) is 13.3. The van der Waals surface area contributed by atoms with E-state index in [9.17, 15) is 4.79 Å². The summed E-state index contributed by atoms with van der Waals surface area (Å²) in [5.41, 5.74) is 0.752. The lowest BCUT2D eigenvalue weighted by molar-refractivity contribution is -0.118. The standard InChI is InChI=1S/C17H26N2O2/c1-4-21-16-11-6-5-10-15(16)18-17(20)12-19-13(2)8-7-9-14(19)3/h5-6,10-11,13-14H,4,7-9,12H2,1-3H3,(H,18,20). The normalized spacial score (nSPS) is 22.8. The maximum absolute atomic E-state index is 12.3. The van der Waals surface area contributed by atoms with Crippen molar-refractivity contribution in [1.29, 1.82) is 0 Å². The molecule has 0 spiro atoms. The Labute approximate surface area is 127 Å². The number of nitrogens with zero attached hydrogens (tertiary/aromatic N) is 1. The van der Waals surface area contributed by atoms with Gasteiger partial charge in [-0.15, -0.1) is 0 Å². The van der Waals surface area contributed by atoms with Crippen LogP contribution in [0.3, 0.4) is 0 Å². The van der Waals surface area contributed by atoms with Gasteiger partial charge in [-0.2, -0.15) is 0 Å². The summed E-state index contributed by atoms with van der Waals surface area (Å²) in [6, 6.07) is 8.53. The highest BCUT2D eigenvalue weighted by molar-refractivity contribution is 5.93. The van der Waals surface area contributed by atoms with Crippen LogP contribution in [0.5, 0.6) is 5.75 Å². The molecule has 1 aliphatic heterocycles. The fourth-order valence-electron chi connectivity index (χ4n) is 2.99. The molecular weight excluding hydrogens is 264 g/mol. The van der Waals surface area contributed by atoms with Crippen LogP contribution in [0.15, 0.2) is 24.3 Å². The van der Waals surface area contributed by atoms with Gasteiger partial charge in [0.15, 0.2) is 0 Å². The van der Waals surface area contributed by atoms with Gasteiger partial charge in [-0.1, -0.05) is 18.6 Å². The van der Waals surface area contributed by atoms with E-state index in [0.29, 0.717) is 25.2 Å². The van der Waals surface area contributed by atoms with E-state index in [1.54, 1.807) is 0 Å². The van der Waals surface area contributed by atoms with E-state index in [2.05, 4.69) is 24.1 Å². The lowest BCUT2D eigenvalue weighted by Gasteiger charge is -2.38. The fraction of sp³-hybridized carbons (Fsp3) is 0.588. The number of nitrogens with one attached hydrogen (secondary N) is 1. The van der Waals surface area contributed by atoms with E-state index in [4.69, 9.17) is 4.74 Å². The van der Waals surface area contributed by atoms with Crippen molar-refractivity contribution in [3.63, 3.8) is 0 Å². The summed E-state index contributed by atoms with van der Waals surface area (Å²) >= 11 is 0. The highest BCUT2D eigenvalue weighted by Crippen LogP contribution is 2.25. The average Bonchev–Trinajstić information content (AvgIpc) is 2.45. The number of hydrogen-bond donors (Lipinski definition) is 1. The third-order valence-electron chi connectivity index (χ3n) is 4.16. The molecule has 116 valence electrons. The predicted octanol–water partition coefficient (Wildman–Crippen LogP) is 3.29. The number of carbonyl (C=O) groups excluding carboxylic acids is 1. The number of carbonyl (C=O) groups is 1. The van der Waals surface area contributed by atoms with Crippen LogP contribution in [0.25, 0.3) is 0 Å². The largest absolute Gasteiger partial charge is 0.492 e. The number of likely N-dealkylation sites (tertiary alicyclic amines) is 1. The molecule has 1 aromatic carbocycles. The minimum atomic E-state index is 0.0303. The second-order valence-corrected chi connectivity index (χ2v) is 5.78. The SMILES string of the molecule is CCOc1ccccc1NC(=O)CN1C(C)CCCC1C. The zero-order valence-electron chi connectivity index (χ0n) is 13.3. The molecule has 0 aromatic heterocycles. The molecule has 21 heavy (non-hydrogen) atoms. The third kappa shape index (κ3) is 4.21. The quantitative estimate of drug-likeness (QED) is 0.904. The van der Waals surface area contributed by atoms with Crippen LogP contribution in [0.1, 0.15) is 40.0 Å². The second-order valence-electron chi connectivity index (χ2n) is 5.78. The van der Waals surface area contributed by atoms with Crippen LogP contribution in [-0.4, -0.2) is 36.0 Å². The number of para-hydroxylation sites is 2. The molecule has 1 saturated heterocycles. The zero-order chi connectivity index (χ0) is 15.2. The Balaban J connectivity index is 1.98. The molecule has 0 radical (unpaired) electrons. The van der Waals surface area contributed by atoms with E-state index < -0.39 is 0 Å². The van der Waals surface area contributed by atoms with Gasteiger partial charge in [-0.3, -0.25) is 9.69 Å². The number of rotatable bonds is 5. The minimum Gasteiger partial charge on any atom is -0.492 e. The molecule has 1 heterocycles. The molecule has 1 fully saturated rings. The predicted molar refractivity (Wildman–Crippen MR) is 85.7 cm³/mol. The molecule has 2 atom stereocenters. The Kier molecular flexibility index (Phi) is 5.62. The van der Waals surface area contributed by atoms with Crippen molar-refractivity contribution in [1.82, 2.24) is 4.90 Å². The molecule has 2 rings (SSSR count). The summed E-state index contributed by atoms with van der Waals surface area (Å²) in [6.45, 7) is 7.39. The van der Waals surface area contributed by atoms with Crippen molar-refractivity contribution in [3.8, 4) is 5.75 Å². The summed E-state index contributed by atoms with van der Waals surface area (Å²) in [7, 11) is 0. The van der Waals surface area contributed by atoms with Gasteiger partial charge in [0.25, 0.3) is 0 Å². The first-order valence-corrected chi connectivity index (χ1v) is 7.89. The maximum Gasteiger partial charge on any atom is 0.238 e. The Bertz CT molecular complexity index is 466. The molecule has 2 unspecified atom stereocenters. The lowest BCUT2D eigenvalue weighted by Crippen LogP contribution is -2.47. The van der Waals surface area contributed by atoms with Crippen molar-refractivity contribution < 1.29 is 9.53 Å². The molecule has 1 N–H and O–H groups in total. The highest BCUT2D eigenvalue weighted by atomic mass is 16.5. The molecule has 0 bridgehead atoms. The van der Waals surface area contributed by atoms with Gasteiger partial charge >= 0.3 is 0 Å². The molecular formula is C17H26N2O2. The first kappa shape index (κ1) is 15.8. The van der Waals surface area contributed by atoms with Crippen LogP contribution >= 0.6 is 0 Å². The first-order valence-electron chi connectivity index (χ1n) is 7.89. The number of piperidine rings is 1. The van der Waals surface area contributed by atoms with Gasteiger partial charge in [0.1, 0.15) is 5.75 Å². The molecule has 1 aliphatic rings. The van der Waals surface area contributed by atoms with Gasteiger partial charge in [0.2, 0.25) is 5.91 Å². The topological polar surface area (TPSA) is 41.6 Å². The van der Waals surface area contributed by atoms with Gasteiger partial charge < -0.3 is 10.1 Å². The van der Waals surface area contributed by atoms with E-state index in [-0.39, 0.29) is 5.91 Å². The summed E-state index contributed by atoms with van der Waals surface area (Å²) in [5.74, 6) is 0.760. The molecule has 0 aliphatic carbocycles. The van der Waals surface area contributed by atoms with Crippen molar-refractivity contribution in [2.24, 2.45) is 0 Å². The van der Waals surface area contributed by atoms with E-state index in [0.717, 1.165) is 11.4 Å². The van der Waals surface area contributed by atoms with E-state index in [1.165, 1.54) is 19.3 Å². The van der Waals surface area contributed by atoms with Gasteiger partial charge in [-0.25, -0.2) is 0 Å². The fourth-order valence-corrected chi connectivity index (χ4v) is 2.99. The number of benzene rings is 1. The summed E-state index contributed by atoms with van der Waals surface area (Å²) < 4.78 is 5.54. The van der Waals surface area contributed by atoms with Gasteiger partial charge in [-0.05, 0) is 45.7 Å². The Morgan fingerprint density at radius 3 is 2.62 bits per heavy atom. The van der Waals surface area contributed by atoms with Crippen molar-refractivity contribution >= 4 is 11.6 Å². The number of anilines is 1. The first-order chi connectivity index (χ1) is 10.1. The van der Waals surface area contributed by atoms with Crippen molar-refractivity contribution in [3.05, 3.63) is 24.3 Å². The van der Waals surface area contributed by atoms with Gasteiger partial charge in [0.05, 0.1) is 18.8 Å². The van der Waals surface area contributed by atoms with Crippen LogP contribution in [0.2, 0.25) is 0 Å². The number of amides is 1. The van der Waals surface area contributed by atoms with E-state index in [1.807, 2.05) is 31.2 Å². The summed E-state index contributed by atoms with van der Waals surface area (Å²) in [4.78, 5) is 14.6. The molecule has 0 saturated carbocycles. The molecule has 4 heteroatoms. The second kappa shape index (κ2) is 7.46. The lowest BCUT2D eigenvalue weighted by atomic mass is 9.97. The van der Waals surface area contributed by atoms with Crippen molar-refractivity contribution in [2.45, 2.75) is 52.1 Å². The van der Waals surface area contributed by atoms with Crippen molar-refractivity contribution in [2.75, 3.05) is 18.5 Å². The van der Waals surface area contributed by atoms with E-state index >= 15 is 0 Å². The Morgan fingerprint density at radius 2 is 1.95 bits per heavy atom. The summed E-state index contributed by atoms with van der Waals surface area (Å²) in [5, 5.41) is 2.98. The number of hydrogen-bond acceptors (Lipinski definition) is 3. The highest BCUT2D eigenvalue weighted by Gasteiger charge is 2.26. The molecule has 1 amide bonds. The Morgan fingerprint density at radius 1 is 1.29 bits per heavy atom.